The van der Waals surface area contributed by atoms with Gasteiger partial charge in [0.2, 0.25) is 0 Å². The van der Waals surface area contributed by atoms with Gasteiger partial charge in [-0.1, -0.05) is 0 Å². The molecule has 0 saturated carbocycles. The van der Waals surface area contributed by atoms with Crippen LogP contribution in [0.1, 0.15) is 0 Å². The second-order valence-electron chi connectivity index (χ2n) is 5.63. The molecule has 180 valence electrons. The molecule has 0 unspecified atom stereocenters. The van der Waals surface area contributed by atoms with Gasteiger partial charge in [-0.2, -0.15) is 35.1 Å². The van der Waals surface area contributed by atoms with Gasteiger partial charge in [-0.15, -0.1) is 0 Å². The van der Waals surface area contributed by atoms with E-state index >= 15 is 0 Å². The van der Waals surface area contributed by atoms with Crippen LogP contribution in [0.15, 0.2) is 21.9 Å². The third-order valence-electron chi connectivity index (χ3n) is 3.45. The molecule has 1 rings (SSSR count). The Bertz CT molecular complexity index is 1200. The van der Waals surface area contributed by atoms with Gasteiger partial charge in [-0.25, -0.2) is 34.0 Å². The first kappa shape index (κ1) is 31.3. The topological polar surface area (TPSA) is 125 Å². The largest absolute Gasteiger partial charge is 1.00 e. The maximum absolute atomic E-state index is 13.9. The van der Waals surface area contributed by atoms with Crippen molar-refractivity contribution < 1.29 is 103 Å². The summed E-state index contributed by atoms with van der Waals surface area (Å²) in [6.07, 6.45) is 0.268. The minimum Gasteiger partial charge on any atom is -0.743 e. The molecule has 0 saturated heterocycles. The van der Waals surface area contributed by atoms with Gasteiger partial charge in [0, 0.05) is 6.26 Å². The summed E-state index contributed by atoms with van der Waals surface area (Å²) in [5.41, 5.74) is 0. The van der Waals surface area contributed by atoms with Crippen LogP contribution in [0, 0.1) is 11.6 Å². The third-order valence-corrected chi connectivity index (χ3v) is 7.28. The summed E-state index contributed by atoms with van der Waals surface area (Å²) in [7, 11) is -20.1. The van der Waals surface area contributed by atoms with E-state index in [4.69, 9.17) is 0 Å². The number of hydrogen-bond donors (Lipinski definition) is 0. The van der Waals surface area contributed by atoms with Gasteiger partial charge in [0.1, 0.15) is 16.5 Å². The zero-order valence-corrected chi connectivity index (χ0v) is 19.5. The quantitative estimate of drug-likeness (QED) is 0.243. The zero-order chi connectivity index (χ0) is 25.2. The summed E-state index contributed by atoms with van der Waals surface area (Å²) in [6, 6.07) is -0.983. The Labute approximate surface area is 194 Å². The van der Waals surface area contributed by atoms with Crippen LogP contribution in [0.2, 0.25) is 0 Å². The molecule has 0 aliphatic rings. The fourth-order valence-corrected chi connectivity index (χ4v) is 4.26. The Morgan fingerprint density at radius 3 is 1.31 bits per heavy atom. The zero-order valence-electron chi connectivity index (χ0n) is 15.0. The average Bonchev–Trinajstić information content (AvgIpc) is 2.51. The predicted octanol–water partition coefficient (Wildman–Crippen LogP) is -0.853. The van der Waals surface area contributed by atoms with Crippen LogP contribution in [0.3, 0.4) is 0 Å². The van der Waals surface area contributed by atoms with Crippen LogP contribution in [0.5, 0.6) is 0 Å². The van der Waals surface area contributed by atoms with Crippen LogP contribution in [0.4, 0.5) is 43.9 Å². The molecule has 0 aliphatic carbocycles. The number of sulfone groups is 2. The molecule has 0 aromatic heterocycles. The van der Waals surface area contributed by atoms with E-state index in [-0.39, 0.29) is 35.8 Å². The second-order valence-corrected chi connectivity index (χ2v) is 11.0. The maximum atomic E-state index is 13.9. The summed E-state index contributed by atoms with van der Waals surface area (Å²) >= 11 is 0. The normalized spacial score (nSPS) is 14.8. The van der Waals surface area contributed by atoms with Crippen molar-refractivity contribution in [3.8, 4) is 0 Å². The van der Waals surface area contributed by atoms with Crippen LogP contribution in [0.25, 0.3) is 0 Å². The first-order valence-corrected chi connectivity index (χ1v) is 11.5. The van der Waals surface area contributed by atoms with Crippen molar-refractivity contribution in [2.24, 2.45) is 0 Å². The minimum absolute atomic E-state index is 0. The van der Waals surface area contributed by atoms with Gasteiger partial charge in [0.25, 0.3) is 9.84 Å². The van der Waals surface area contributed by atoms with Crippen LogP contribution >= 0.6 is 0 Å². The first-order valence-electron chi connectivity index (χ1n) is 6.69. The van der Waals surface area contributed by atoms with Gasteiger partial charge < -0.3 is 4.55 Å². The van der Waals surface area contributed by atoms with Crippen LogP contribution in [-0.4, -0.2) is 58.4 Å². The van der Waals surface area contributed by atoms with E-state index < -0.39 is 85.7 Å². The monoisotopic (exact) mass is 558 g/mol. The molecule has 32 heavy (non-hydrogen) atoms. The number of benzene rings is 1. The summed E-state index contributed by atoms with van der Waals surface area (Å²) in [4.78, 5) is -4.56. The van der Waals surface area contributed by atoms with E-state index in [0.29, 0.717) is 0 Å². The molecule has 1 aromatic carbocycles. The number of rotatable bonds is 7. The number of halogens is 10. The Morgan fingerprint density at radius 1 is 0.719 bits per heavy atom. The van der Waals surface area contributed by atoms with Gasteiger partial charge in [-0.3, -0.25) is 0 Å². The molecule has 21 heteroatoms. The molecule has 0 radical (unpaired) electrons. The van der Waals surface area contributed by atoms with Crippen LogP contribution < -0.4 is 29.6 Å². The number of hydrogen-bond acceptors (Lipinski definition) is 7. The molecule has 0 amide bonds. The molecule has 0 heterocycles. The van der Waals surface area contributed by atoms with Gasteiger partial charge in [0.05, 0.1) is 4.90 Å². The summed E-state index contributed by atoms with van der Waals surface area (Å²) in [6.45, 7) is 0. The molecule has 0 fully saturated rings. The molecule has 0 atom stereocenters. The Hall–Kier alpha value is -0.670. The van der Waals surface area contributed by atoms with Crippen molar-refractivity contribution in [1.29, 1.82) is 0 Å². The molecular weight excluding hydrogens is 553 g/mol. The third kappa shape index (κ3) is 4.50. The average molecular weight is 558 g/mol. The molecule has 0 spiro atoms. The van der Waals surface area contributed by atoms with Gasteiger partial charge in [-0.05, 0) is 12.1 Å². The van der Waals surface area contributed by atoms with Crippen molar-refractivity contribution in [1.82, 2.24) is 0 Å². The standard InChI is InChI=1S/C11H6F10O7S3.Na/c1-29(22,23)4-2-5(12)7(6(13)3-4)30(24,25)10(18,19)8(14,15)9(16,17)11(20,21)31(26,27)28;/h2-3H,1H3,(H,26,27,28);/q;+1/p-1. The SMILES string of the molecule is CS(=O)(=O)c1cc(F)c(S(=O)(=O)C(F)(F)C(F)(F)C(F)(F)C(F)(F)S(=O)(=O)[O-])c(F)c1.[Na+]. The smallest absolute Gasteiger partial charge is 0.743 e. The van der Waals surface area contributed by atoms with Crippen molar-refractivity contribution >= 4 is 29.8 Å². The van der Waals surface area contributed by atoms with E-state index in [1.807, 2.05) is 0 Å². The molecule has 7 nitrogen and oxygen atoms in total. The number of alkyl halides is 8. The van der Waals surface area contributed by atoms with Crippen LogP contribution in [-0.2, 0) is 29.8 Å². The van der Waals surface area contributed by atoms with Gasteiger partial charge in [0.15, 0.2) is 20.0 Å². The molecular formula is C11H5F10NaO7S3. The van der Waals surface area contributed by atoms with E-state index in [1.165, 1.54) is 0 Å². The van der Waals surface area contributed by atoms with Crippen molar-refractivity contribution in [2.45, 2.75) is 32.1 Å². The molecule has 1 aromatic rings. The molecule has 0 N–H and O–H groups in total. The summed E-state index contributed by atoms with van der Waals surface area (Å²) in [5, 5.41) is -15.1. The molecule has 0 bridgehead atoms. The summed E-state index contributed by atoms with van der Waals surface area (Å²) < 4.78 is 211. The Morgan fingerprint density at radius 2 is 1.03 bits per heavy atom. The Kier molecular flexibility index (Phi) is 8.34. The fourth-order valence-electron chi connectivity index (χ4n) is 1.83. The van der Waals surface area contributed by atoms with Gasteiger partial charge >= 0.3 is 51.9 Å². The Balaban J connectivity index is 0.00000961. The maximum Gasteiger partial charge on any atom is 1.00 e. The van der Waals surface area contributed by atoms with E-state index in [1.54, 1.807) is 0 Å². The minimum atomic E-state index is -7.95. The van der Waals surface area contributed by atoms with E-state index in [9.17, 15) is 73.7 Å². The summed E-state index contributed by atoms with van der Waals surface area (Å²) in [5.74, 6) is -21.5. The second kappa shape index (κ2) is 8.52. The fraction of sp³-hybridized carbons (Fsp3) is 0.455. The van der Waals surface area contributed by atoms with Crippen molar-refractivity contribution in [2.75, 3.05) is 6.26 Å². The molecule has 0 aliphatic heterocycles. The predicted molar refractivity (Wildman–Crippen MR) is 76.1 cm³/mol. The van der Waals surface area contributed by atoms with Crippen molar-refractivity contribution in [3.63, 3.8) is 0 Å². The van der Waals surface area contributed by atoms with E-state index in [0.717, 1.165) is 0 Å². The van der Waals surface area contributed by atoms with Crippen molar-refractivity contribution in [3.05, 3.63) is 23.8 Å². The first-order chi connectivity index (χ1) is 13.3. The van der Waals surface area contributed by atoms with E-state index in [2.05, 4.69) is 0 Å².